The van der Waals surface area contributed by atoms with Gasteiger partial charge < -0.3 is 33.8 Å². The molecule has 560 valence electrons. The van der Waals surface area contributed by atoms with E-state index in [1.54, 1.807) is 0 Å². The number of unbranched alkanes of at least 4 members (excludes halogenated alkanes) is 38. The molecule has 19 heteroatoms. The van der Waals surface area contributed by atoms with Crippen LogP contribution in [0.1, 0.15) is 369 Å². The van der Waals surface area contributed by atoms with Crippen LogP contribution in [0.4, 0.5) is 0 Å². The molecule has 0 saturated carbocycles. The largest absolute Gasteiger partial charge is 0.472 e. The summed E-state index contributed by atoms with van der Waals surface area (Å²) in [5.74, 6) is -0.603. The van der Waals surface area contributed by atoms with Gasteiger partial charge in [0.1, 0.15) is 19.3 Å². The molecule has 0 rings (SSSR count). The van der Waals surface area contributed by atoms with Crippen molar-refractivity contribution in [2.24, 2.45) is 11.8 Å². The lowest BCUT2D eigenvalue weighted by Gasteiger charge is -2.21. The first-order chi connectivity index (χ1) is 45.9. The Bertz CT molecular complexity index is 1940. The second kappa shape index (κ2) is 67.4. The number of phosphoric acid groups is 2. The first-order valence-corrected chi connectivity index (χ1v) is 41.9. The minimum atomic E-state index is -4.96. The number of hydrogen-bond donors (Lipinski definition) is 3. The highest BCUT2D eigenvalue weighted by Crippen LogP contribution is 2.45. The first-order valence-electron chi connectivity index (χ1n) is 38.9. The lowest BCUT2D eigenvalue weighted by molar-refractivity contribution is -0.161. The number of rotatable bonds is 73. The van der Waals surface area contributed by atoms with Gasteiger partial charge in [0.25, 0.3) is 0 Å². The highest BCUT2D eigenvalue weighted by atomic mass is 31.2. The van der Waals surface area contributed by atoms with Crippen LogP contribution in [-0.2, 0) is 65.4 Å². The van der Waals surface area contributed by atoms with Gasteiger partial charge in [-0.2, -0.15) is 0 Å². The number of hydrogen-bond acceptors (Lipinski definition) is 15. The van der Waals surface area contributed by atoms with Gasteiger partial charge >= 0.3 is 39.5 Å². The van der Waals surface area contributed by atoms with E-state index in [9.17, 15) is 43.2 Å². The maximum absolute atomic E-state index is 13.1. The molecule has 0 aromatic heterocycles. The van der Waals surface area contributed by atoms with E-state index < -0.39 is 97.5 Å². The molecule has 0 aromatic carbocycles. The lowest BCUT2D eigenvalue weighted by atomic mass is 9.99. The fraction of sp³-hybridized carbons (Fsp3) is 0.895. The minimum absolute atomic E-state index is 0.101. The Kier molecular flexibility index (Phi) is 65.6. The fourth-order valence-electron chi connectivity index (χ4n) is 11.0. The maximum Gasteiger partial charge on any atom is 0.472 e. The van der Waals surface area contributed by atoms with E-state index in [1.807, 2.05) is 0 Å². The van der Waals surface area contributed by atoms with Gasteiger partial charge in [-0.3, -0.25) is 37.3 Å². The molecular formula is C76H144O17P2. The third kappa shape index (κ3) is 67.2. The summed E-state index contributed by atoms with van der Waals surface area (Å²) in [4.78, 5) is 72.8. The summed E-state index contributed by atoms with van der Waals surface area (Å²) >= 11 is 0. The third-order valence-electron chi connectivity index (χ3n) is 17.8. The standard InChI is InChI=1S/C76H144O17P2/c1-7-11-13-15-17-19-21-23-25-27-29-31-33-42-48-54-60-75(80)92-71(64-86-73(78)58-52-46-40-32-30-28-26-24-22-20-18-16-14-12-8-2)66-90-94(82,83)88-62-70(77)63-89-95(84,85)91-67-72(93-76(81)61-55-49-43-37-35-39-45-51-57-69(6)10-4)65-87-74(79)59-53-47-41-36-34-38-44-50-56-68(5)9-3/h20,22,24,26,68-72,77H,7-19,21,23,25,27-67H2,1-6H3,(H,82,83)(H,84,85)/b22-20-,26-24-/t68?,69?,70-,71-,72-/m1/s1. The molecule has 7 atom stereocenters. The van der Waals surface area contributed by atoms with Crippen LogP contribution in [-0.4, -0.2) is 96.7 Å². The zero-order chi connectivity index (χ0) is 70.0. The molecule has 0 radical (unpaired) electrons. The summed E-state index contributed by atoms with van der Waals surface area (Å²) in [6.45, 7) is 9.53. The Labute approximate surface area is 580 Å². The van der Waals surface area contributed by atoms with E-state index >= 15 is 0 Å². The SMILES string of the molecule is CCCCCC/C=C\C=C/CCCCCCCC(=O)OC[C@H](COP(=O)(O)OC[C@@H](O)COP(=O)(O)OC[C@@H](COC(=O)CCCCCCCCCCC(C)CC)OC(=O)CCCCCCCCCCC(C)CC)OC(=O)CCCCCCCCCCCCCCCCCC. The molecule has 0 aliphatic rings. The van der Waals surface area contributed by atoms with Gasteiger partial charge in [0, 0.05) is 25.7 Å². The molecule has 17 nitrogen and oxygen atoms in total. The van der Waals surface area contributed by atoms with Crippen molar-refractivity contribution < 1.29 is 80.2 Å². The average molecular weight is 1390 g/mol. The normalized spacial score (nSPS) is 14.7. The molecular weight excluding hydrogens is 1250 g/mol. The van der Waals surface area contributed by atoms with Gasteiger partial charge in [0.15, 0.2) is 12.2 Å². The number of phosphoric ester groups is 2. The van der Waals surface area contributed by atoms with Gasteiger partial charge in [-0.1, -0.05) is 316 Å². The van der Waals surface area contributed by atoms with Gasteiger partial charge in [-0.05, 0) is 63.2 Å². The molecule has 0 heterocycles. The van der Waals surface area contributed by atoms with E-state index in [-0.39, 0.29) is 25.7 Å². The Morgan fingerprint density at radius 1 is 0.337 bits per heavy atom. The van der Waals surface area contributed by atoms with Crippen molar-refractivity contribution in [1.29, 1.82) is 0 Å². The molecule has 0 aromatic rings. The van der Waals surface area contributed by atoms with Gasteiger partial charge in [0.05, 0.1) is 26.4 Å². The van der Waals surface area contributed by atoms with Crippen LogP contribution < -0.4 is 0 Å². The molecule has 0 aliphatic heterocycles. The second-order valence-corrected chi connectivity index (χ2v) is 30.1. The smallest absolute Gasteiger partial charge is 0.462 e. The number of esters is 4. The molecule has 95 heavy (non-hydrogen) atoms. The van der Waals surface area contributed by atoms with Gasteiger partial charge in [-0.25, -0.2) is 9.13 Å². The topological polar surface area (TPSA) is 237 Å². The van der Waals surface area contributed by atoms with E-state index in [1.165, 1.54) is 167 Å². The van der Waals surface area contributed by atoms with Crippen LogP contribution in [0.5, 0.6) is 0 Å². The minimum Gasteiger partial charge on any atom is -0.462 e. The number of allylic oxidation sites excluding steroid dienone is 4. The Hall–Kier alpha value is -2.46. The molecule has 0 saturated heterocycles. The summed E-state index contributed by atoms with van der Waals surface area (Å²) in [5, 5.41) is 10.6. The fourth-order valence-corrected chi connectivity index (χ4v) is 12.6. The van der Waals surface area contributed by atoms with E-state index in [2.05, 4.69) is 65.8 Å². The molecule has 0 spiro atoms. The molecule has 0 fully saturated rings. The van der Waals surface area contributed by atoms with Crippen molar-refractivity contribution in [3.63, 3.8) is 0 Å². The zero-order valence-corrected chi connectivity index (χ0v) is 63.2. The molecule has 0 amide bonds. The van der Waals surface area contributed by atoms with Crippen molar-refractivity contribution in [3.05, 3.63) is 24.3 Å². The van der Waals surface area contributed by atoms with Crippen molar-refractivity contribution in [2.75, 3.05) is 39.6 Å². The molecule has 4 unspecified atom stereocenters. The molecule has 0 aliphatic carbocycles. The highest BCUT2D eigenvalue weighted by molar-refractivity contribution is 7.47. The van der Waals surface area contributed by atoms with E-state index in [0.29, 0.717) is 25.7 Å². The number of aliphatic hydroxyl groups is 1. The molecule has 0 bridgehead atoms. The zero-order valence-electron chi connectivity index (χ0n) is 61.5. The monoisotopic (exact) mass is 1390 g/mol. The highest BCUT2D eigenvalue weighted by Gasteiger charge is 2.30. The van der Waals surface area contributed by atoms with Gasteiger partial charge in [0.2, 0.25) is 0 Å². The summed E-state index contributed by atoms with van der Waals surface area (Å²) in [5.41, 5.74) is 0. The maximum atomic E-state index is 13.1. The van der Waals surface area contributed by atoms with Crippen LogP contribution >= 0.6 is 15.6 Å². The van der Waals surface area contributed by atoms with Crippen molar-refractivity contribution in [3.8, 4) is 0 Å². The Balaban J connectivity index is 5.30. The Morgan fingerprint density at radius 3 is 0.895 bits per heavy atom. The molecule has 3 N–H and O–H groups in total. The summed E-state index contributed by atoms with van der Waals surface area (Å²) < 4.78 is 68.5. The first kappa shape index (κ1) is 92.5. The number of carbonyl (C=O) groups is 4. The third-order valence-corrected chi connectivity index (χ3v) is 19.7. The number of ether oxygens (including phenoxy) is 4. The van der Waals surface area contributed by atoms with Crippen LogP contribution in [0.3, 0.4) is 0 Å². The number of aliphatic hydroxyl groups excluding tert-OH is 1. The van der Waals surface area contributed by atoms with E-state index in [0.717, 1.165) is 121 Å². The van der Waals surface area contributed by atoms with Crippen LogP contribution in [0.15, 0.2) is 24.3 Å². The van der Waals surface area contributed by atoms with E-state index in [4.69, 9.17) is 37.0 Å². The summed E-state index contributed by atoms with van der Waals surface area (Å²) in [7, 11) is -9.92. The second-order valence-electron chi connectivity index (χ2n) is 27.2. The van der Waals surface area contributed by atoms with Crippen molar-refractivity contribution >= 4 is 39.5 Å². The van der Waals surface area contributed by atoms with Gasteiger partial charge in [-0.15, -0.1) is 0 Å². The summed E-state index contributed by atoms with van der Waals surface area (Å²) in [6.07, 6.45) is 57.5. The quantitative estimate of drug-likeness (QED) is 0.0169. The van der Waals surface area contributed by atoms with Crippen molar-refractivity contribution in [2.45, 2.75) is 387 Å². The van der Waals surface area contributed by atoms with Crippen LogP contribution in [0, 0.1) is 11.8 Å². The number of carbonyl (C=O) groups excluding carboxylic acids is 4. The Morgan fingerprint density at radius 2 is 0.589 bits per heavy atom. The lowest BCUT2D eigenvalue weighted by Crippen LogP contribution is -2.30. The predicted octanol–water partition coefficient (Wildman–Crippen LogP) is 21.9. The predicted molar refractivity (Wildman–Crippen MR) is 386 cm³/mol. The summed E-state index contributed by atoms with van der Waals surface area (Å²) in [6, 6.07) is 0. The van der Waals surface area contributed by atoms with Crippen LogP contribution in [0.25, 0.3) is 0 Å². The average Bonchev–Trinajstić information content (AvgIpc) is 1.41. The van der Waals surface area contributed by atoms with Crippen molar-refractivity contribution in [1.82, 2.24) is 0 Å². The van der Waals surface area contributed by atoms with Crippen LogP contribution in [0.2, 0.25) is 0 Å².